The number of carbonyl (C=O) groups excluding carboxylic acids is 2. The Morgan fingerprint density at radius 2 is 1.59 bits per heavy atom. The van der Waals surface area contributed by atoms with Gasteiger partial charge in [-0.05, 0) is 30.2 Å². The highest BCUT2D eigenvalue weighted by molar-refractivity contribution is 8.45. The minimum absolute atomic E-state index is 0.0644. The van der Waals surface area contributed by atoms with Crippen molar-refractivity contribution in [2.45, 2.75) is 36.6 Å². The molecule has 0 saturated carbocycles. The minimum Gasteiger partial charge on any atom is -0.475 e. The van der Waals surface area contributed by atoms with Crippen LogP contribution in [-0.4, -0.2) is 60.7 Å². The summed E-state index contributed by atoms with van der Waals surface area (Å²) >= 11 is 0. The smallest absolute Gasteiger partial charge is 0.475 e. The fourth-order valence-corrected chi connectivity index (χ4v) is 3.76. The van der Waals surface area contributed by atoms with Crippen molar-refractivity contribution >= 4 is 28.4 Å². The molecule has 0 unspecified atom stereocenters. The molecular formula is C18H16F8N2O12S. The number of hydrogen-bond donors (Lipinski definition) is 0. The lowest BCUT2D eigenvalue weighted by atomic mass is 9.98. The molecule has 1 aliphatic heterocycles. The van der Waals surface area contributed by atoms with Gasteiger partial charge in [0.1, 0.15) is 23.9 Å². The van der Waals surface area contributed by atoms with Crippen LogP contribution < -0.4 is 4.74 Å². The van der Waals surface area contributed by atoms with Crippen molar-refractivity contribution in [3.8, 4) is 5.75 Å². The zero-order valence-electron chi connectivity index (χ0n) is 19.9. The Bertz CT molecular complexity index is 1240. The van der Waals surface area contributed by atoms with E-state index in [1.165, 1.54) is 0 Å². The van der Waals surface area contributed by atoms with Crippen LogP contribution in [-0.2, 0) is 35.1 Å². The van der Waals surface area contributed by atoms with Crippen LogP contribution in [0.2, 0.25) is 0 Å². The summed E-state index contributed by atoms with van der Waals surface area (Å²) in [5, 5.41) is 17.7. The van der Waals surface area contributed by atoms with E-state index in [1.54, 1.807) is 0 Å². The summed E-state index contributed by atoms with van der Waals surface area (Å²) in [6.45, 7) is -2.59. The van der Waals surface area contributed by atoms with Gasteiger partial charge in [0.2, 0.25) is 12.9 Å². The first kappa shape index (κ1) is 32.9. The molecule has 0 fully saturated rings. The summed E-state index contributed by atoms with van der Waals surface area (Å²) < 4.78 is 125. The van der Waals surface area contributed by atoms with E-state index < -0.39 is 105 Å². The summed E-state index contributed by atoms with van der Waals surface area (Å²) in [5.74, 6) is -2.83. The first-order valence-corrected chi connectivity index (χ1v) is 12.4. The van der Waals surface area contributed by atoms with Crippen LogP contribution in [0.1, 0.15) is 18.1 Å². The third-order valence-electron chi connectivity index (χ3n) is 4.72. The first-order chi connectivity index (χ1) is 18.5. The van der Waals surface area contributed by atoms with Crippen LogP contribution >= 0.6 is 10.2 Å². The highest BCUT2D eigenvalue weighted by Gasteiger charge is 2.66. The molecule has 41 heavy (non-hydrogen) atoms. The number of rotatable bonds is 12. The molecule has 0 amide bonds. The van der Waals surface area contributed by atoms with E-state index in [1.807, 2.05) is 0 Å². The summed E-state index contributed by atoms with van der Waals surface area (Å²) in [7, 11) is -10.3. The number of carbonyl (C=O) groups is 2. The number of esters is 1. The maximum atomic E-state index is 13.6. The van der Waals surface area contributed by atoms with E-state index in [9.17, 15) is 62.4 Å². The fraction of sp³-hybridized carbons (Fsp3) is 0.444. The molecule has 0 aliphatic carbocycles. The quantitative estimate of drug-likeness (QED) is 0.0982. The van der Waals surface area contributed by atoms with Crippen molar-refractivity contribution in [1.29, 1.82) is 0 Å². The van der Waals surface area contributed by atoms with Crippen molar-refractivity contribution in [3.05, 3.63) is 49.1 Å². The third-order valence-corrected chi connectivity index (χ3v) is 5.84. The molecule has 14 nitrogen and oxygen atoms in total. The number of ether oxygens (including phenoxy) is 4. The zero-order valence-corrected chi connectivity index (χ0v) is 20.8. The van der Waals surface area contributed by atoms with Crippen LogP contribution in [0, 0.1) is 20.2 Å². The SMILES string of the molecule is CCc1cc(S(F)(F)(F)(F)F)cc2c1O[C@H](C(F)(F)F)C(C(=O)OCOC(=O)OC(CO[N+](=O)[O-])CO[N+](=O)[O-])=C2. The summed E-state index contributed by atoms with van der Waals surface area (Å²) in [4.78, 5) is 49.7. The van der Waals surface area contributed by atoms with Crippen molar-refractivity contribution in [2.24, 2.45) is 0 Å². The Balaban J connectivity index is 2.25. The van der Waals surface area contributed by atoms with Gasteiger partial charge in [-0.25, -0.2) is 9.59 Å². The molecule has 232 valence electrons. The molecule has 0 aromatic heterocycles. The van der Waals surface area contributed by atoms with Gasteiger partial charge in [-0.1, -0.05) is 26.4 Å². The summed E-state index contributed by atoms with van der Waals surface area (Å²) in [6, 6.07) is -0.269. The van der Waals surface area contributed by atoms with Gasteiger partial charge in [-0.15, -0.1) is 20.2 Å². The molecule has 1 aliphatic rings. The Morgan fingerprint density at radius 1 is 1.02 bits per heavy atom. The Hall–Kier alpha value is -4.31. The van der Waals surface area contributed by atoms with E-state index in [0.29, 0.717) is 0 Å². The molecule has 0 saturated heterocycles. The van der Waals surface area contributed by atoms with Crippen molar-refractivity contribution in [3.63, 3.8) is 0 Å². The normalized spacial score (nSPS) is 16.6. The number of aryl methyl sites for hydroxylation is 1. The van der Waals surface area contributed by atoms with Gasteiger partial charge in [0.05, 0.1) is 5.57 Å². The second-order valence-corrected chi connectivity index (χ2v) is 10.1. The van der Waals surface area contributed by atoms with Gasteiger partial charge < -0.3 is 28.6 Å². The van der Waals surface area contributed by atoms with Gasteiger partial charge in [0.25, 0.3) is 10.2 Å². The third kappa shape index (κ3) is 9.39. The molecule has 1 aromatic carbocycles. The van der Waals surface area contributed by atoms with E-state index in [-0.39, 0.29) is 18.2 Å². The zero-order chi connectivity index (χ0) is 31.5. The fourth-order valence-electron chi connectivity index (χ4n) is 3.04. The number of hydrogen-bond acceptors (Lipinski definition) is 12. The minimum atomic E-state index is -10.3. The molecule has 23 heteroatoms. The number of nitrogens with zero attached hydrogens (tertiary/aromatic N) is 2. The molecular weight excluding hydrogens is 620 g/mol. The molecule has 0 radical (unpaired) electrons. The van der Waals surface area contributed by atoms with Gasteiger partial charge >= 0.3 is 28.5 Å². The molecule has 2 rings (SSSR count). The molecule has 1 aromatic rings. The van der Waals surface area contributed by atoms with E-state index in [0.717, 1.165) is 6.92 Å². The lowest BCUT2D eigenvalue weighted by Gasteiger charge is -2.41. The van der Waals surface area contributed by atoms with E-state index >= 15 is 0 Å². The Kier molecular flexibility index (Phi) is 8.77. The van der Waals surface area contributed by atoms with Gasteiger partial charge in [-0.2, -0.15) is 13.2 Å². The maximum absolute atomic E-state index is 13.6. The number of fused-ring (bicyclic) bond motifs is 1. The van der Waals surface area contributed by atoms with Crippen LogP contribution in [0.3, 0.4) is 0 Å². The first-order valence-electron chi connectivity index (χ1n) is 10.4. The average molecular weight is 636 g/mol. The van der Waals surface area contributed by atoms with Gasteiger partial charge in [0, 0.05) is 5.56 Å². The van der Waals surface area contributed by atoms with Crippen molar-refractivity contribution < 1.29 is 81.0 Å². The topological polar surface area (TPSA) is 176 Å². The van der Waals surface area contributed by atoms with Gasteiger partial charge in [0.15, 0.2) is 6.10 Å². The number of alkyl halides is 3. The van der Waals surface area contributed by atoms with Crippen molar-refractivity contribution in [2.75, 3.05) is 20.0 Å². The second kappa shape index (κ2) is 10.9. The number of halogens is 8. The standard InChI is InChI=1S/C18H16F8N2O12S/c1-2-9-3-12(41(22,23,24,25)26)4-10-5-13(15(18(19,20)21)40-14(9)10)16(29)35-8-36-17(30)39-11(6-37-27(31)32)7-38-28(33)34/h3-5,11,15H,2,6-8H2,1H3/t15-/m0/s1. The largest absolute Gasteiger partial charge is 0.511 e. The predicted octanol–water partition coefficient (Wildman–Crippen LogP) is 5.05. The Labute approximate surface area is 221 Å². The monoisotopic (exact) mass is 636 g/mol. The molecule has 0 N–H and O–H groups in total. The predicted molar refractivity (Wildman–Crippen MR) is 114 cm³/mol. The van der Waals surface area contributed by atoms with Crippen LogP contribution in [0.25, 0.3) is 6.08 Å². The molecule has 1 heterocycles. The van der Waals surface area contributed by atoms with Crippen LogP contribution in [0.5, 0.6) is 5.75 Å². The average Bonchev–Trinajstić information content (AvgIpc) is 2.81. The van der Waals surface area contributed by atoms with E-state index in [2.05, 4.69) is 23.9 Å². The second-order valence-electron chi connectivity index (χ2n) is 7.69. The molecule has 0 spiro atoms. The molecule has 0 bridgehead atoms. The number of benzene rings is 1. The van der Waals surface area contributed by atoms with Gasteiger partial charge in [-0.3, -0.25) is 0 Å². The Morgan fingerprint density at radius 3 is 2.05 bits per heavy atom. The van der Waals surface area contributed by atoms with Crippen LogP contribution in [0.15, 0.2) is 22.6 Å². The van der Waals surface area contributed by atoms with Crippen molar-refractivity contribution in [1.82, 2.24) is 0 Å². The highest BCUT2D eigenvalue weighted by Crippen LogP contribution is 3.02. The lowest BCUT2D eigenvalue weighted by molar-refractivity contribution is -0.768. The summed E-state index contributed by atoms with van der Waals surface area (Å²) in [5.41, 5.74) is -3.15. The van der Waals surface area contributed by atoms with Crippen LogP contribution in [0.4, 0.5) is 37.4 Å². The summed E-state index contributed by atoms with van der Waals surface area (Å²) in [6.07, 6.45) is -12.5. The highest BCUT2D eigenvalue weighted by atomic mass is 32.5. The lowest BCUT2D eigenvalue weighted by Crippen LogP contribution is -2.41. The molecule has 1 atom stereocenters. The van der Waals surface area contributed by atoms with E-state index in [4.69, 9.17) is 4.74 Å². The maximum Gasteiger partial charge on any atom is 0.511 e.